The average molecular weight is 355 g/mol. The normalized spacial score (nSPS) is 23.4. The van der Waals surface area contributed by atoms with Crippen LogP contribution in [-0.4, -0.2) is 50.7 Å². The third-order valence-corrected chi connectivity index (χ3v) is 6.16. The van der Waals surface area contributed by atoms with Crippen LogP contribution in [-0.2, 0) is 14.8 Å². The number of nitrogens with one attached hydrogen (secondary N) is 1. The van der Waals surface area contributed by atoms with E-state index in [4.69, 9.17) is 4.74 Å². The van der Waals surface area contributed by atoms with Gasteiger partial charge in [0.1, 0.15) is 0 Å². The number of aryl methyl sites for hydroxylation is 2. The van der Waals surface area contributed by atoms with E-state index < -0.39 is 10.0 Å². The highest BCUT2D eigenvalue weighted by atomic mass is 32.2. The predicted octanol–water partition coefficient (Wildman–Crippen LogP) is 2.47. The van der Waals surface area contributed by atoms with Gasteiger partial charge < -0.3 is 4.74 Å². The van der Waals surface area contributed by atoms with Gasteiger partial charge in [0.25, 0.3) is 0 Å². The lowest BCUT2D eigenvalue weighted by Crippen LogP contribution is -2.58. The standard InChI is InChI=1S/C18H30N2O3S/c1-13-7-8-17(9-14(13)2)24(21,22)19-12-18(5,6)20-10-15(3)23-16(4)11-20/h7-9,15-16,19H,10-12H2,1-6H3/t15-,16+. The Kier molecular flexibility index (Phi) is 5.75. The molecule has 0 unspecified atom stereocenters. The molecule has 1 N–H and O–H groups in total. The smallest absolute Gasteiger partial charge is 0.240 e. The summed E-state index contributed by atoms with van der Waals surface area (Å²) in [6.45, 7) is 14.1. The second-order valence-corrected chi connectivity index (χ2v) is 9.31. The summed E-state index contributed by atoms with van der Waals surface area (Å²) in [6.07, 6.45) is 0.314. The third-order valence-electron chi connectivity index (χ3n) is 4.76. The van der Waals surface area contributed by atoms with E-state index in [0.717, 1.165) is 24.2 Å². The molecule has 2 atom stereocenters. The highest BCUT2D eigenvalue weighted by molar-refractivity contribution is 7.89. The van der Waals surface area contributed by atoms with Gasteiger partial charge in [-0.1, -0.05) is 6.07 Å². The van der Waals surface area contributed by atoms with E-state index in [9.17, 15) is 8.42 Å². The molecule has 1 aliphatic heterocycles. The third kappa shape index (κ3) is 4.57. The van der Waals surface area contributed by atoms with Crippen molar-refractivity contribution in [2.75, 3.05) is 19.6 Å². The van der Waals surface area contributed by atoms with Gasteiger partial charge in [-0.3, -0.25) is 4.90 Å². The van der Waals surface area contributed by atoms with Gasteiger partial charge >= 0.3 is 0 Å². The second-order valence-electron chi connectivity index (χ2n) is 7.55. The van der Waals surface area contributed by atoms with E-state index in [0.29, 0.717) is 11.4 Å². The fraction of sp³-hybridized carbons (Fsp3) is 0.667. The van der Waals surface area contributed by atoms with Gasteiger partial charge in [-0.15, -0.1) is 0 Å². The van der Waals surface area contributed by atoms with Crippen molar-refractivity contribution in [1.29, 1.82) is 0 Å². The highest BCUT2D eigenvalue weighted by Crippen LogP contribution is 2.22. The average Bonchev–Trinajstić information content (AvgIpc) is 2.47. The minimum absolute atomic E-state index is 0.157. The highest BCUT2D eigenvalue weighted by Gasteiger charge is 2.34. The van der Waals surface area contributed by atoms with Crippen molar-refractivity contribution in [2.45, 2.75) is 64.2 Å². The summed E-state index contributed by atoms with van der Waals surface area (Å²) in [7, 11) is -3.51. The molecule has 1 aromatic carbocycles. The van der Waals surface area contributed by atoms with Crippen molar-refractivity contribution in [1.82, 2.24) is 9.62 Å². The van der Waals surface area contributed by atoms with Crippen molar-refractivity contribution in [2.24, 2.45) is 0 Å². The Morgan fingerprint density at radius 2 is 1.75 bits per heavy atom. The van der Waals surface area contributed by atoms with Gasteiger partial charge in [-0.2, -0.15) is 0 Å². The van der Waals surface area contributed by atoms with Gasteiger partial charge in [-0.05, 0) is 64.8 Å². The molecule has 2 rings (SSSR count). The molecule has 5 nitrogen and oxygen atoms in total. The molecule has 1 aliphatic rings. The topological polar surface area (TPSA) is 58.6 Å². The van der Waals surface area contributed by atoms with Crippen molar-refractivity contribution in [3.05, 3.63) is 29.3 Å². The van der Waals surface area contributed by atoms with Crippen LogP contribution in [0.2, 0.25) is 0 Å². The molecule has 0 radical (unpaired) electrons. The Hall–Kier alpha value is -0.950. The van der Waals surface area contributed by atoms with Crippen LogP contribution in [0, 0.1) is 13.8 Å². The summed E-state index contributed by atoms with van der Waals surface area (Å²) in [6, 6.07) is 5.24. The van der Waals surface area contributed by atoms with Crippen molar-refractivity contribution >= 4 is 10.0 Å². The number of ether oxygens (including phenoxy) is 1. The van der Waals surface area contributed by atoms with Gasteiger partial charge in [0, 0.05) is 25.2 Å². The van der Waals surface area contributed by atoms with E-state index in [1.165, 1.54) is 0 Å². The number of nitrogens with zero attached hydrogens (tertiary/aromatic N) is 1. The number of hydrogen-bond donors (Lipinski definition) is 1. The van der Waals surface area contributed by atoms with Gasteiger partial charge in [0.2, 0.25) is 10.0 Å². The first-order valence-corrected chi connectivity index (χ1v) is 9.97. The first-order chi connectivity index (χ1) is 11.0. The molecule has 1 aromatic rings. The summed E-state index contributed by atoms with van der Waals surface area (Å²) in [4.78, 5) is 2.62. The summed E-state index contributed by atoms with van der Waals surface area (Å²) in [5.41, 5.74) is 1.79. The maximum absolute atomic E-state index is 12.6. The lowest BCUT2D eigenvalue weighted by atomic mass is 10.0. The summed E-state index contributed by atoms with van der Waals surface area (Å²) < 4.78 is 33.7. The summed E-state index contributed by atoms with van der Waals surface area (Å²) in [5.74, 6) is 0. The lowest BCUT2D eigenvalue weighted by molar-refractivity contribution is -0.0945. The molecule has 1 heterocycles. The van der Waals surface area contributed by atoms with E-state index in [1.54, 1.807) is 12.1 Å². The molecule has 0 spiro atoms. The molecule has 0 saturated carbocycles. The molecular formula is C18H30N2O3S. The number of sulfonamides is 1. The van der Waals surface area contributed by atoms with Gasteiger partial charge in [-0.25, -0.2) is 13.1 Å². The minimum Gasteiger partial charge on any atom is -0.373 e. The number of morpholine rings is 1. The fourth-order valence-electron chi connectivity index (χ4n) is 3.02. The Labute approximate surface area is 146 Å². The van der Waals surface area contributed by atoms with E-state index in [2.05, 4.69) is 37.3 Å². The Balaban J connectivity index is 2.08. The minimum atomic E-state index is -3.51. The zero-order valence-electron chi connectivity index (χ0n) is 15.6. The molecule has 0 amide bonds. The lowest BCUT2D eigenvalue weighted by Gasteiger charge is -2.45. The zero-order chi connectivity index (χ0) is 18.1. The van der Waals surface area contributed by atoms with Crippen LogP contribution in [0.4, 0.5) is 0 Å². The van der Waals surface area contributed by atoms with Crippen molar-refractivity contribution in [3.63, 3.8) is 0 Å². The fourth-order valence-corrected chi connectivity index (χ4v) is 4.31. The van der Waals surface area contributed by atoms with Crippen LogP contribution in [0.1, 0.15) is 38.8 Å². The number of rotatable bonds is 5. The van der Waals surface area contributed by atoms with Crippen LogP contribution in [0.25, 0.3) is 0 Å². The monoisotopic (exact) mass is 354 g/mol. The van der Waals surface area contributed by atoms with Crippen LogP contribution in [0.15, 0.2) is 23.1 Å². The first kappa shape index (κ1) is 19.4. The zero-order valence-corrected chi connectivity index (χ0v) is 16.4. The molecular weight excluding hydrogens is 324 g/mol. The summed E-state index contributed by atoms with van der Waals surface area (Å²) >= 11 is 0. The van der Waals surface area contributed by atoms with Gasteiger partial charge in [0.05, 0.1) is 17.1 Å². The Bertz CT molecular complexity index is 676. The molecule has 136 valence electrons. The largest absolute Gasteiger partial charge is 0.373 e. The molecule has 0 aromatic heterocycles. The van der Waals surface area contributed by atoms with Gasteiger partial charge in [0.15, 0.2) is 0 Å². The van der Waals surface area contributed by atoms with Crippen LogP contribution in [0.3, 0.4) is 0 Å². The van der Waals surface area contributed by atoms with E-state index in [1.807, 2.05) is 19.9 Å². The second kappa shape index (κ2) is 7.12. The van der Waals surface area contributed by atoms with E-state index in [-0.39, 0.29) is 17.7 Å². The van der Waals surface area contributed by atoms with Crippen LogP contribution in [0.5, 0.6) is 0 Å². The molecule has 24 heavy (non-hydrogen) atoms. The molecule has 0 bridgehead atoms. The molecule has 1 fully saturated rings. The number of hydrogen-bond acceptors (Lipinski definition) is 4. The molecule has 0 aliphatic carbocycles. The van der Waals surface area contributed by atoms with Crippen molar-refractivity contribution < 1.29 is 13.2 Å². The number of benzene rings is 1. The van der Waals surface area contributed by atoms with E-state index >= 15 is 0 Å². The maximum atomic E-state index is 12.6. The Morgan fingerprint density at radius 1 is 1.17 bits per heavy atom. The van der Waals surface area contributed by atoms with Crippen LogP contribution < -0.4 is 4.72 Å². The summed E-state index contributed by atoms with van der Waals surface area (Å²) in [5, 5.41) is 0. The van der Waals surface area contributed by atoms with Crippen LogP contribution >= 0.6 is 0 Å². The quantitative estimate of drug-likeness (QED) is 0.882. The molecule has 6 heteroatoms. The molecule has 1 saturated heterocycles. The SMILES string of the molecule is Cc1ccc(S(=O)(=O)NCC(C)(C)N2C[C@@H](C)O[C@@H](C)C2)cc1C. The van der Waals surface area contributed by atoms with Crippen molar-refractivity contribution in [3.8, 4) is 0 Å². The maximum Gasteiger partial charge on any atom is 0.240 e. The Morgan fingerprint density at radius 3 is 2.29 bits per heavy atom. The predicted molar refractivity (Wildman–Crippen MR) is 96.8 cm³/mol. The first-order valence-electron chi connectivity index (χ1n) is 8.49.